The molecule has 0 atom stereocenters. The first-order chi connectivity index (χ1) is 11.2. The fourth-order valence-corrected chi connectivity index (χ4v) is 2.09. The number of halogens is 1. The van der Waals surface area contributed by atoms with E-state index in [1.165, 1.54) is 30.6 Å². The van der Waals surface area contributed by atoms with Crippen LogP contribution in [0.5, 0.6) is 0 Å². The number of nitrogens with one attached hydrogen (secondary N) is 1. The number of benzene rings is 1. The molecule has 0 unspecified atom stereocenters. The third-order valence-electron chi connectivity index (χ3n) is 3.29. The van der Waals surface area contributed by atoms with Crippen molar-refractivity contribution in [2.45, 2.75) is 6.61 Å². The molecule has 0 saturated heterocycles. The number of pyridine rings is 1. The molecular formula is C17H13FN2O3. The predicted molar refractivity (Wildman–Crippen MR) is 82.2 cm³/mol. The van der Waals surface area contributed by atoms with Gasteiger partial charge in [0.2, 0.25) is 0 Å². The standard InChI is InChI=1S/C17H13FN2O3/c18-13-3-1-11(2-4-13)15-5-6-16(23-15)17(22)20-14-9-19-8-7-12(14)10-21/h1-9,21H,10H2,(H,20,22). The SMILES string of the molecule is O=C(Nc1cnccc1CO)c1ccc(-c2ccc(F)cc2)o1. The van der Waals surface area contributed by atoms with Gasteiger partial charge in [0.25, 0.3) is 5.91 Å². The van der Waals surface area contributed by atoms with Gasteiger partial charge in [-0.1, -0.05) is 0 Å². The Labute approximate surface area is 131 Å². The number of anilines is 1. The summed E-state index contributed by atoms with van der Waals surface area (Å²) in [6, 6.07) is 10.6. The van der Waals surface area contributed by atoms with Gasteiger partial charge in [0.05, 0.1) is 18.5 Å². The third-order valence-corrected chi connectivity index (χ3v) is 3.29. The number of aliphatic hydroxyl groups is 1. The zero-order chi connectivity index (χ0) is 16.2. The van der Waals surface area contributed by atoms with E-state index in [4.69, 9.17) is 4.42 Å². The van der Waals surface area contributed by atoms with E-state index in [0.717, 1.165) is 0 Å². The van der Waals surface area contributed by atoms with Crippen molar-refractivity contribution in [2.24, 2.45) is 0 Å². The summed E-state index contributed by atoms with van der Waals surface area (Å²) < 4.78 is 18.4. The van der Waals surface area contributed by atoms with Crippen LogP contribution in [0.3, 0.4) is 0 Å². The lowest BCUT2D eigenvalue weighted by atomic mass is 10.2. The number of nitrogens with zero attached hydrogens (tertiary/aromatic N) is 1. The molecule has 0 aliphatic rings. The molecule has 23 heavy (non-hydrogen) atoms. The minimum atomic E-state index is -0.457. The van der Waals surface area contributed by atoms with E-state index in [9.17, 15) is 14.3 Å². The summed E-state index contributed by atoms with van der Waals surface area (Å²) in [5.41, 5.74) is 1.64. The molecule has 0 fully saturated rings. The van der Waals surface area contributed by atoms with Crippen LogP contribution < -0.4 is 5.32 Å². The molecule has 0 aliphatic carbocycles. The average Bonchev–Trinajstić information content (AvgIpc) is 3.06. The summed E-state index contributed by atoms with van der Waals surface area (Å²) in [4.78, 5) is 16.1. The maximum atomic E-state index is 12.9. The van der Waals surface area contributed by atoms with Crippen LogP contribution in [0, 0.1) is 5.82 Å². The highest BCUT2D eigenvalue weighted by molar-refractivity contribution is 6.02. The van der Waals surface area contributed by atoms with E-state index >= 15 is 0 Å². The van der Waals surface area contributed by atoms with Crippen LogP contribution in [-0.4, -0.2) is 16.0 Å². The van der Waals surface area contributed by atoms with Gasteiger partial charge in [-0.2, -0.15) is 0 Å². The van der Waals surface area contributed by atoms with Gasteiger partial charge in [-0.15, -0.1) is 0 Å². The van der Waals surface area contributed by atoms with Crippen LogP contribution in [0.15, 0.2) is 59.3 Å². The first-order valence-corrected chi connectivity index (χ1v) is 6.88. The summed E-state index contributed by atoms with van der Waals surface area (Å²) in [6.07, 6.45) is 2.98. The van der Waals surface area contributed by atoms with E-state index in [1.54, 1.807) is 24.3 Å². The van der Waals surface area contributed by atoms with Crippen molar-refractivity contribution >= 4 is 11.6 Å². The largest absolute Gasteiger partial charge is 0.451 e. The summed E-state index contributed by atoms with van der Waals surface area (Å²) in [7, 11) is 0. The van der Waals surface area contributed by atoms with Gasteiger partial charge >= 0.3 is 0 Å². The van der Waals surface area contributed by atoms with Crippen LogP contribution in [0.1, 0.15) is 16.1 Å². The highest BCUT2D eigenvalue weighted by Gasteiger charge is 2.14. The fourth-order valence-electron chi connectivity index (χ4n) is 2.09. The molecule has 5 nitrogen and oxygen atoms in total. The van der Waals surface area contributed by atoms with Gasteiger partial charge in [0.15, 0.2) is 5.76 Å². The topological polar surface area (TPSA) is 75.4 Å². The highest BCUT2D eigenvalue weighted by atomic mass is 19.1. The number of furan rings is 1. The fraction of sp³-hybridized carbons (Fsp3) is 0.0588. The summed E-state index contributed by atoms with van der Waals surface area (Å²) in [5.74, 6) is -0.228. The molecule has 1 amide bonds. The summed E-state index contributed by atoms with van der Waals surface area (Å²) in [5, 5.41) is 11.9. The van der Waals surface area contributed by atoms with Crippen molar-refractivity contribution in [1.82, 2.24) is 4.98 Å². The number of aromatic nitrogens is 1. The van der Waals surface area contributed by atoms with Gasteiger partial charge in [-0.3, -0.25) is 9.78 Å². The quantitative estimate of drug-likeness (QED) is 0.775. The minimum absolute atomic E-state index is 0.108. The minimum Gasteiger partial charge on any atom is -0.451 e. The molecule has 6 heteroatoms. The number of hydrogen-bond donors (Lipinski definition) is 2. The zero-order valence-corrected chi connectivity index (χ0v) is 12.0. The monoisotopic (exact) mass is 312 g/mol. The highest BCUT2D eigenvalue weighted by Crippen LogP contribution is 2.23. The third kappa shape index (κ3) is 3.27. The molecule has 116 valence electrons. The van der Waals surface area contributed by atoms with Crippen LogP contribution in [0.2, 0.25) is 0 Å². The molecule has 2 N–H and O–H groups in total. The second-order valence-corrected chi connectivity index (χ2v) is 4.82. The maximum absolute atomic E-state index is 12.9. The van der Waals surface area contributed by atoms with Crippen molar-refractivity contribution < 1.29 is 18.7 Å². The number of aliphatic hydroxyl groups excluding tert-OH is 1. The molecule has 2 heterocycles. The predicted octanol–water partition coefficient (Wildman–Crippen LogP) is 3.23. The number of amides is 1. The van der Waals surface area contributed by atoms with Crippen molar-refractivity contribution in [3.63, 3.8) is 0 Å². The Morgan fingerprint density at radius 3 is 2.70 bits per heavy atom. The summed E-state index contributed by atoms with van der Waals surface area (Å²) in [6.45, 7) is -0.211. The van der Waals surface area contributed by atoms with Crippen LogP contribution in [-0.2, 0) is 6.61 Å². The molecule has 0 saturated carbocycles. The molecule has 1 aromatic carbocycles. The van der Waals surface area contributed by atoms with Gasteiger partial charge in [0.1, 0.15) is 11.6 Å². The van der Waals surface area contributed by atoms with Gasteiger partial charge in [-0.25, -0.2) is 4.39 Å². The van der Waals surface area contributed by atoms with E-state index in [-0.39, 0.29) is 18.2 Å². The Morgan fingerprint density at radius 1 is 1.17 bits per heavy atom. The Bertz CT molecular complexity index is 828. The van der Waals surface area contributed by atoms with Crippen LogP contribution >= 0.6 is 0 Å². The lowest BCUT2D eigenvalue weighted by Gasteiger charge is -2.07. The number of carbonyl (C=O) groups is 1. The van der Waals surface area contributed by atoms with Crippen molar-refractivity contribution in [3.05, 3.63) is 72.0 Å². The van der Waals surface area contributed by atoms with E-state index in [2.05, 4.69) is 10.3 Å². The lowest BCUT2D eigenvalue weighted by molar-refractivity contribution is 0.0997. The van der Waals surface area contributed by atoms with Gasteiger partial charge < -0.3 is 14.8 Å². The molecule has 3 rings (SSSR count). The molecule has 2 aromatic heterocycles. The first-order valence-electron chi connectivity index (χ1n) is 6.88. The number of carbonyl (C=O) groups excluding carboxylic acids is 1. The van der Waals surface area contributed by atoms with E-state index < -0.39 is 5.91 Å². The van der Waals surface area contributed by atoms with E-state index in [0.29, 0.717) is 22.6 Å². The normalized spacial score (nSPS) is 10.5. The molecule has 0 radical (unpaired) electrons. The van der Waals surface area contributed by atoms with Crippen LogP contribution in [0.4, 0.5) is 10.1 Å². The Balaban J connectivity index is 1.80. The zero-order valence-electron chi connectivity index (χ0n) is 12.0. The van der Waals surface area contributed by atoms with Gasteiger partial charge in [0, 0.05) is 17.3 Å². The molecular weight excluding hydrogens is 299 g/mol. The Kier molecular flexibility index (Phi) is 4.16. The smallest absolute Gasteiger partial charge is 0.291 e. The van der Waals surface area contributed by atoms with Crippen LogP contribution in [0.25, 0.3) is 11.3 Å². The number of hydrogen-bond acceptors (Lipinski definition) is 4. The second kappa shape index (κ2) is 6.41. The lowest BCUT2D eigenvalue weighted by Crippen LogP contribution is -2.12. The molecule has 3 aromatic rings. The Hall–Kier alpha value is -2.99. The summed E-state index contributed by atoms with van der Waals surface area (Å²) >= 11 is 0. The van der Waals surface area contributed by atoms with E-state index in [1.807, 2.05) is 0 Å². The van der Waals surface area contributed by atoms with Crippen molar-refractivity contribution in [2.75, 3.05) is 5.32 Å². The first kappa shape index (κ1) is 14.9. The van der Waals surface area contributed by atoms with Gasteiger partial charge in [-0.05, 0) is 42.5 Å². The molecule has 0 spiro atoms. The molecule has 0 bridgehead atoms. The maximum Gasteiger partial charge on any atom is 0.291 e. The Morgan fingerprint density at radius 2 is 1.96 bits per heavy atom. The second-order valence-electron chi connectivity index (χ2n) is 4.82. The number of rotatable bonds is 4. The van der Waals surface area contributed by atoms with Crippen molar-refractivity contribution in [3.8, 4) is 11.3 Å². The average molecular weight is 312 g/mol. The molecule has 0 aliphatic heterocycles. The van der Waals surface area contributed by atoms with Crippen molar-refractivity contribution in [1.29, 1.82) is 0 Å².